The minimum Gasteiger partial charge on any atom is -0.490 e. The van der Waals surface area contributed by atoms with Crippen molar-refractivity contribution in [1.82, 2.24) is 5.32 Å². The van der Waals surface area contributed by atoms with Gasteiger partial charge in [-0.05, 0) is 75.6 Å². The highest BCUT2D eigenvalue weighted by molar-refractivity contribution is 7.99. The van der Waals surface area contributed by atoms with Gasteiger partial charge in [0.05, 0.1) is 18.5 Å². The summed E-state index contributed by atoms with van der Waals surface area (Å²) in [6, 6.07) is 9.84. The van der Waals surface area contributed by atoms with Crippen LogP contribution in [0.3, 0.4) is 0 Å². The number of nitrogens with one attached hydrogen (secondary N) is 1. The Balaban J connectivity index is 1.56. The second-order valence-corrected chi connectivity index (χ2v) is 12.0. The van der Waals surface area contributed by atoms with Crippen LogP contribution in [0.4, 0.5) is 8.78 Å². The number of rotatable bonds is 7. The van der Waals surface area contributed by atoms with E-state index in [1.807, 2.05) is 45.0 Å². The number of hydrogen-bond acceptors (Lipinski definition) is 4. The van der Waals surface area contributed by atoms with E-state index in [-0.39, 0.29) is 35.8 Å². The van der Waals surface area contributed by atoms with E-state index < -0.39 is 17.0 Å². The topological polar surface area (TPSA) is 47.6 Å². The van der Waals surface area contributed by atoms with Crippen molar-refractivity contribution in [3.05, 3.63) is 64.2 Å². The Morgan fingerprint density at radius 2 is 1.89 bits per heavy atom. The molecule has 2 aromatic rings. The first-order valence-corrected chi connectivity index (χ1v) is 13.5. The fourth-order valence-electron chi connectivity index (χ4n) is 5.32. The molecule has 35 heavy (non-hydrogen) atoms. The molecular weight excluding hydrogens is 492 g/mol. The molecule has 4 nitrogen and oxygen atoms in total. The zero-order valence-electron chi connectivity index (χ0n) is 20.3. The summed E-state index contributed by atoms with van der Waals surface area (Å²) in [5, 5.41) is 3.59. The Hall–Kier alpha value is -1.83. The minimum absolute atomic E-state index is 0.00313. The van der Waals surface area contributed by atoms with Crippen LogP contribution in [-0.4, -0.2) is 42.3 Å². The van der Waals surface area contributed by atoms with Gasteiger partial charge in [0.1, 0.15) is 5.82 Å². The van der Waals surface area contributed by atoms with Gasteiger partial charge in [-0.3, -0.25) is 4.79 Å². The third-order valence-corrected chi connectivity index (χ3v) is 7.97. The normalized spacial score (nSPS) is 23.7. The quantitative estimate of drug-likeness (QED) is 0.457. The average molecular weight is 524 g/mol. The molecule has 0 unspecified atom stereocenters. The maximum absolute atomic E-state index is 15.3. The summed E-state index contributed by atoms with van der Waals surface area (Å²) < 4.78 is 42.1. The van der Waals surface area contributed by atoms with Crippen LogP contribution in [0.15, 0.2) is 36.4 Å². The number of benzene rings is 2. The van der Waals surface area contributed by atoms with Crippen molar-refractivity contribution in [3.63, 3.8) is 0 Å². The van der Waals surface area contributed by atoms with Gasteiger partial charge < -0.3 is 14.8 Å². The van der Waals surface area contributed by atoms with Crippen molar-refractivity contribution in [3.8, 4) is 5.75 Å². The van der Waals surface area contributed by atoms with Gasteiger partial charge >= 0.3 is 0 Å². The van der Waals surface area contributed by atoms with Crippen LogP contribution in [0.2, 0.25) is 5.02 Å². The lowest BCUT2D eigenvalue weighted by Crippen LogP contribution is -2.55. The van der Waals surface area contributed by atoms with E-state index in [0.717, 1.165) is 11.6 Å². The second kappa shape index (κ2) is 10.7. The predicted octanol–water partition coefficient (Wildman–Crippen LogP) is 5.93. The largest absolute Gasteiger partial charge is 0.490 e. The van der Waals surface area contributed by atoms with Gasteiger partial charge in [0, 0.05) is 34.1 Å². The number of fused-ring (bicyclic) bond motifs is 3. The SMILES string of the molecule is CC(C)(C)NC(=O)CSCC[C@@H]1OCC[C@@]2(Cc3ccc(Cl)cc3)c3c(F)ccc(F)c3OC[C@@H]12. The van der Waals surface area contributed by atoms with Crippen molar-refractivity contribution in [2.45, 2.75) is 57.1 Å². The molecule has 1 amide bonds. The van der Waals surface area contributed by atoms with E-state index >= 15 is 4.39 Å². The van der Waals surface area contributed by atoms with Crippen molar-refractivity contribution in [1.29, 1.82) is 0 Å². The lowest BCUT2D eigenvalue weighted by atomic mass is 9.60. The molecule has 0 spiro atoms. The maximum Gasteiger partial charge on any atom is 0.230 e. The molecular formula is C27H32ClF2NO3S. The van der Waals surface area contributed by atoms with Gasteiger partial charge in [-0.15, -0.1) is 0 Å². The number of amides is 1. The van der Waals surface area contributed by atoms with Crippen LogP contribution in [0.1, 0.15) is 44.7 Å². The Bertz CT molecular complexity index is 1060. The number of thioether (sulfide) groups is 1. The number of halogens is 3. The molecule has 3 atom stereocenters. The van der Waals surface area contributed by atoms with Gasteiger partial charge in [0.15, 0.2) is 11.6 Å². The second-order valence-electron chi connectivity index (χ2n) is 10.4. The smallest absolute Gasteiger partial charge is 0.230 e. The fourth-order valence-corrected chi connectivity index (χ4v) is 6.24. The number of carbonyl (C=O) groups is 1. The molecule has 4 rings (SSSR count). The molecule has 2 heterocycles. The number of hydrogen-bond donors (Lipinski definition) is 1. The van der Waals surface area contributed by atoms with Crippen LogP contribution in [0.5, 0.6) is 5.75 Å². The van der Waals surface area contributed by atoms with E-state index in [1.165, 1.54) is 6.07 Å². The number of carbonyl (C=O) groups excluding carboxylic acids is 1. The van der Waals surface area contributed by atoms with Crippen LogP contribution < -0.4 is 10.1 Å². The molecule has 0 aliphatic carbocycles. The van der Waals surface area contributed by atoms with Gasteiger partial charge in [-0.25, -0.2) is 8.78 Å². The summed E-state index contributed by atoms with van der Waals surface area (Å²) in [5.41, 5.74) is 0.390. The summed E-state index contributed by atoms with van der Waals surface area (Å²) in [7, 11) is 0. The Labute approximate surface area is 215 Å². The zero-order valence-corrected chi connectivity index (χ0v) is 21.9. The molecule has 2 aliphatic rings. The van der Waals surface area contributed by atoms with Gasteiger partial charge in [0.2, 0.25) is 5.91 Å². The molecule has 1 saturated heterocycles. The monoisotopic (exact) mass is 523 g/mol. The lowest BCUT2D eigenvalue weighted by molar-refractivity contribution is -0.119. The first kappa shape index (κ1) is 26.2. The Kier molecular flexibility index (Phi) is 7.99. The first-order valence-electron chi connectivity index (χ1n) is 12.0. The summed E-state index contributed by atoms with van der Waals surface area (Å²) in [4.78, 5) is 12.2. The molecule has 0 radical (unpaired) electrons. The van der Waals surface area contributed by atoms with Crippen molar-refractivity contribution < 1.29 is 23.0 Å². The molecule has 1 fully saturated rings. The predicted molar refractivity (Wildman–Crippen MR) is 136 cm³/mol. The molecule has 1 N–H and O–H groups in total. The van der Waals surface area contributed by atoms with Crippen LogP contribution >= 0.6 is 23.4 Å². The van der Waals surface area contributed by atoms with Crippen LogP contribution in [0.25, 0.3) is 0 Å². The van der Waals surface area contributed by atoms with Crippen molar-refractivity contribution in [2.75, 3.05) is 24.7 Å². The maximum atomic E-state index is 15.3. The van der Waals surface area contributed by atoms with Crippen LogP contribution in [0, 0.1) is 17.6 Å². The highest BCUT2D eigenvalue weighted by atomic mass is 35.5. The molecule has 0 aromatic heterocycles. The fraction of sp³-hybridized carbons (Fsp3) is 0.519. The van der Waals surface area contributed by atoms with E-state index in [4.69, 9.17) is 21.1 Å². The molecule has 0 saturated carbocycles. The summed E-state index contributed by atoms with van der Waals surface area (Å²) in [5.74, 6) is -0.0500. The third-order valence-electron chi connectivity index (χ3n) is 6.73. The molecule has 2 aliphatic heterocycles. The lowest BCUT2D eigenvalue weighted by Gasteiger charge is -2.51. The highest BCUT2D eigenvalue weighted by Gasteiger charge is 2.53. The van der Waals surface area contributed by atoms with Gasteiger partial charge in [-0.2, -0.15) is 11.8 Å². The third kappa shape index (κ3) is 5.95. The van der Waals surface area contributed by atoms with Gasteiger partial charge in [0.25, 0.3) is 0 Å². The zero-order chi connectivity index (χ0) is 25.2. The standard InChI is InChI=1S/C27H32ClF2NO3S/c1-26(2,3)31-23(32)16-35-13-10-22-19-15-34-25-21(30)9-8-20(29)24(25)27(19,11-12-33-22)14-17-4-6-18(28)7-5-17/h4-9,19,22H,10-16H2,1-3H3,(H,31,32)/t19-,22-,27-/m0/s1. The summed E-state index contributed by atoms with van der Waals surface area (Å²) in [6.45, 7) is 6.55. The molecule has 190 valence electrons. The molecule has 8 heteroatoms. The van der Waals surface area contributed by atoms with E-state index in [1.54, 1.807) is 11.8 Å². The Morgan fingerprint density at radius 3 is 2.60 bits per heavy atom. The summed E-state index contributed by atoms with van der Waals surface area (Å²) in [6.07, 6.45) is 1.60. The van der Waals surface area contributed by atoms with E-state index in [2.05, 4.69) is 5.32 Å². The molecule has 2 aromatic carbocycles. The van der Waals surface area contributed by atoms with E-state index in [9.17, 15) is 9.18 Å². The highest BCUT2D eigenvalue weighted by Crippen LogP contribution is 2.52. The Morgan fingerprint density at radius 1 is 1.17 bits per heavy atom. The molecule has 0 bridgehead atoms. The number of ether oxygens (including phenoxy) is 2. The first-order chi connectivity index (χ1) is 16.6. The van der Waals surface area contributed by atoms with Gasteiger partial charge in [-0.1, -0.05) is 23.7 Å². The van der Waals surface area contributed by atoms with Crippen molar-refractivity contribution in [2.24, 2.45) is 5.92 Å². The van der Waals surface area contributed by atoms with Crippen LogP contribution in [-0.2, 0) is 21.4 Å². The average Bonchev–Trinajstić information content (AvgIpc) is 2.79. The van der Waals surface area contributed by atoms with E-state index in [0.29, 0.717) is 48.0 Å². The minimum atomic E-state index is -0.662. The van der Waals surface area contributed by atoms with Crippen molar-refractivity contribution >= 4 is 29.3 Å². The summed E-state index contributed by atoms with van der Waals surface area (Å²) >= 11 is 7.64.